The van der Waals surface area contributed by atoms with Crippen LogP contribution < -0.4 is 11.1 Å². The van der Waals surface area contributed by atoms with Crippen LogP contribution in [0.2, 0.25) is 0 Å². The van der Waals surface area contributed by atoms with Crippen LogP contribution in [0, 0.1) is 6.92 Å². The van der Waals surface area contributed by atoms with Crippen molar-refractivity contribution < 1.29 is 10.0 Å². The van der Waals surface area contributed by atoms with Gasteiger partial charge in [-0.1, -0.05) is 12.1 Å². The van der Waals surface area contributed by atoms with Crippen molar-refractivity contribution in [2.75, 3.05) is 0 Å². The van der Waals surface area contributed by atoms with E-state index in [1.165, 1.54) is 0 Å². The highest BCUT2D eigenvalue weighted by molar-refractivity contribution is 5.94. The van der Waals surface area contributed by atoms with Crippen LogP contribution in [0.4, 0.5) is 0 Å². The van der Waals surface area contributed by atoms with Gasteiger partial charge in [0.2, 0.25) is 0 Å². The fraction of sp³-hybridized carbons (Fsp3) is 0.417. The van der Waals surface area contributed by atoms with Gasteiger partial charge in [0.25, 0.3) is 5.91 Å². The van der Waals surface area contributed by atoms with E-state index in [0.29, 0.717) is 18.4 Å². The third kappa shape index (κ3) is 4.04. The Morgan fingerprint density at radius 3 is 2.94 bits per heavy atom. The predicted octanol–water partition coefficient (Wildman–Crippen LogP) is 1.03. The van der Waals surface area contributed by atoms with E-state index in [-0.39, 0.29) is 17.8 Å². The number of nitrogens with zero attached hydrogens (tertiary/aromatic N) is 2. The second-order valence-electron chi connectivity index (χ2n) is 4.06. The van der Waals surface area contributed by atoms with Crippen molar-refractivity contribution >= 4 is 11.7 Å². The van der Waals surface area contributed by atoms with Crippen molar-refractivity contribution in [1.82, 2.24) is 10.3 Å². The van der Waals surface area contributed by atoms with E-state index < -0.39 is 0 Å². The molecule has 0 aliphatic rings. The maximum atomic E-state index is 12.0. The molecule has 1 amide bonds. The topological polar surface area (TPSA) is 101 Å². The molecule has 0 radical (unpaired) electrons. The lowest BCUT2D eigenvalue weighted by Crippen LogP contribution is -2.37. The first-order valence-electron chi connectivity index (χ1n) is 5.76. The van der Waals surface area contributed by atoms with Crippen LogP contribution >= 0.6 is 0 Å². The first-order valence-corrected chi connectivity index (χ1v) is 5.76. The molecule has 0 aromatic carbocycles. The van der Waals surface area contributed by atoms with Gasteiger partial charge >= 0.3 is 0 Å². The quantitative estimate of drug-likeness (QED) is 0.314. The molecular weight excluding hydrogens is 232 g/mol. The third-order valence-electron chi connectivity index (χ3n) is 2.57. The number of aryl methyl sites for hydroxylation is 1. The monoisotopic (exact) mass is 250 g/mol. The Kier molecular flexibility index (Phi) is 5.10. The number of pyridine rings is 1. The summed E-state index contributed by atoms with van der Waals surface area (Å²) < 4.78 is 0. The van der Waals surface area contributed by atoms with E-state index in [1.807, 2.05) is 13.8 Å². The van der Waals surface area contributed by atoms with E-state index in [2.05, 4.69) is 15.5 Å². The Morgan fingerprint density at radius 2 is 2.39 bits per heavy atom. The molecule has 1 rings (SSSR count). The maximum Gasteiger partial charge on any atom is 0.251 e. The average Bonchev–Trinajstić information content (AvgIpc) is 2.37. The Balaban J connectivity index is 2.68. The number of carbonyl (C=O) groups is 1. The van der Waals surface area contributed by atoms with Crippen LogP contribution in [0.5, 0.6) is 0 Å². The number of rotatable bonds is 5. The zero-order valence-corrected chi connectivity index (χ0v) is 10.6. The van der Waals surface area contributed by atoms with Crippen molar-refractivity contribution in [2.24, 2.45) is 10.9 Å². The summed E-state index contributed by atoms with van der Waals surface area (Å²) in [6, 6.07) is 3.21. The second-order valence-corrected chi connectivity index (χ2v) is 4.06. The summed E-state index contributed by atoms with van der Waals surface area (Å²) in [5, 5.41) is 14.2. The molecule has 0 bridgehead atoms. The van der Waals surface area contributed by atoms with E-state index in [0.717, 1.165) is 5.69 Å². The Bertz CT molecular complexity index is 445. The van der Waals surface area contributed by atoms with Crippen molar-refractivity contribution in [3.63, 3.8) is 0 Å². The fourth-order valence-corrected chi connectivity index (χ4v) is 1.55. The Labute approximate surface area is 106 Å². The Hall–Kier alpha value is -2.11. The molecule has 0 aliphatic heterocycles. The van der Waals surface area contributed by atoms with Gasteiger partial charge in [-0.05, 0) is 25.5 Å². The molecule has 1 aromatic heterocycles. The smallest absolute Gasteiger partial charge is 0.251 e. The summed E-state index contributed by atoms with van der Waals surface area (Å²) in [5.41, 5.74) is 6.77. The molecule has 6 heteroatoms. The van der Waals surface area contributed by atoms with Gasteiger partial charge in [-0.2, -0.15) is 0 Å². The maximum absolute atomic E-state index is 12.0. The van der Waals surface area contributed by atoms with Crippen LogP contribution in [0.15, 0.2) is 23.5 Å². The van der Waals surface area contributed by atoms with Crippen LogP contribution in [-0.4, -0.2) is 28.0 Å². The molecule has 1 atom stereocenters. The molecule has 0 saturated carbocycles. The number of amidine groups is 1. The minimum Gasteiger partial charge on any atom is -0.409 e. The van der Waals surface area contributed by atoms with Crippen molar-refractivity contribution in [1.29, 1.82) is 0 Å². The number of carbonyl (C=O) groups excluding carboxylic acids is 1. The van der Waals surface area contributed by atoms with Crippen molar-refractivity contribution in [3.05, 3.63) is 29.6 Å². The molecule has 1 heterocycles. The van der Waals surface area contributed by atoms with Gasteiger partial charge in [-0.15, -0.1) is 0 Å². The van der Waals surface area contributed by atoms with Crippen LogP contribution in [0.25, 0.3) is 0 Å². The van der Waals surface area contributed by atoms with Crippen LogP contribution in [0.3, 0.4) is 0 Å². The number of hydrogen-bond acceptors (Lipinski definition) is 4. The largest absolute Gasteiger partial charge is 0.409 e. The highest BCUT2D eigenvalue weighted by Crippen LogP contribution is 2.04. The zero-order valence-electron chi connectivity index (χ0n) is 10.6. The lowest BCUT2D eigenvalue weighted by atomic mass is 10.1. The molecular formula is C12H18N4O2. The summed E-state index contributed by atoms with van der Waals surface area (Å²) in [6.07, 6.45) is 2.61. The third-order valence-corrected chi connectivity index (χ3v) is 2.57. The van der Waals surface area contributed by atoms with E-state index in [4.69, 9.17) is 10.9 Å². The number of nitrogens with one attached hydrogen (secondary N) is 1. The molecule has 0 spiro atoms. The summed E-state index contributed by atoms with van der Waals surface area (Å²) in [6.45, 7) is 3.75. The van der Waals surface area contributed by atoms with Crippen LogP contribution in [0.1, 0.15) is 35.8 Å². The highest BCUT2D eigenvalue weighted by Gasteiger charge is 2.13. The molecule has 1 aromatic rings. The molecule has 0 fully saturated rings. The number of nitrogens with two attached hydrogens (primary N) is 1. The first-order chi connectivity index (χ1) is 8.56. The minimum absolute atomic E-state index is 0.105. The normalized spacial score (nSPS) is 13.1. The first kappa shape index (κ1) is 14.0. The summed E-state index contributed by atoms with van der Waals surface area (Å²) in [5.74, 6) is -0.0776. The van der Waals surface area contributed by atoms with E-state index in [9.17, 15) is 4.79 Å². The van der Waals surface area contributed by atoms with Gasteiger partial charge < -0.3 is 16.3 Å². The SMILES string of the molecule is CCC(C/C(N)=N/O)NC(=O)c1ccnc(C)c1. The standard InChI is InChI=1S/C12H18N4O2/c1-3-10(7-11(13)16-18)15-12(17)9-4-5-14-8(2)6-9/h4-6,10,18H,3,7H2,1-2H3,(H2,13,16)(H,15,17). The lowest BCUT2D eigenvalue weighted by molar-refractivity contribution is 0.0936. The number of aromatic nitrogens is 1. The lowest BCUT2D eigenvalue weighted by Gasteiger charge is -2.16. The average molecular weight is 250 g/mol. The molecule has 0 aliphatic carbocycles. The van der Waals surface area contributed by atoms with E-state index >= 15 is 0 Å². The Morgan fingerprint density at radius 1 is 1.67 bits per heavy atom. The molecule has 0 saturated heterocycles. The van der Waals surface area contributed by atoms with Gasteiger partial charge in [0.1, 0.15) is 5.84 Å². The number of oxime groups is 1. The molecule has 18 heavy (non-hydrogen) atoms. The predicted molar refractivity (Wildman–Crippen MR) is 68.5 cm³/mol. The van der Waals surface area contributed by atoms with Crippen molar-refractivity contribution in [2.45, 2.75) is 32.7 Å². The number of amides is 1. The number of hydrogen-bond donors (Lipinski definition) is 3. The highest BCUT2D eigenvalue weighted by atomic mass is 16.4. The molecule has 1 unspecified atom stereocenters. The van der Waals surface area contributed by atoms with Gasteiger partial charge in [-0.3, -0.25) is 9.78 Å². The summed E-state index contributed by atoms with van der Waals surface area (Å²) in [7, 11) is 0. The summed E-state index contributed by atoms with van der Waals surface area (Å²) in [4.78, 5) is 16.0. The van der Waals surface area contributed by atoms with Gasteiger partial charge in [0.15, 0.2) is 0 Å². The van der Waals surface area contributed by atoms with E-state index in [1.54, 1.807) is 18.3 Å². The molecule has 98 valence electrons. The van der Waals surface area contributed by atoms with Crippen molar-refractivity contribution in [3.8, 4) is 0 Å². The zero-order chi connectivity index (χ0) is 13.5. The molecule has 6 nitrogen and oxygen atoms in total. The fourth-order valence-electron chi connectivity index (χ4n) is 1.55. The molecule has 4 N–H and O–H groups in total. The minimum atomic E-state index is -0.182. The second kappa shape index (κ2) is 6.58. The summed E-state index contributed by atoms with van der Waals surface area (Å²) >= 11 is 0. The van der Waals surface area contributed by atoms with Gasteiger partial charge in [0, 0.05) is 29.9 Å². The van der Waals surface area contributed by atoms with Gasteiger partial charge in [-0.25, -0.2) is 0 Å². The van der Waals surface area contributed by atoms with Gasteiger partial charge in [0.05, 0.1) is 0 Å². The van der Waals surface area contributed by atoms with Crippen LogP contribution in [-0.2, 0) is 0 Å².